The zero-order valence-corrected chi connectivity index (χ0v) is 12.4. The average molecular weight is 301 g/mol. The van der Waals surface area contributed by atoms with Crippen molar-refractivity contribution in [2.45, 2.75) is 31.4 Å². The fourth-order valence-corrected chi connectivity index (χ4v) is 2.74. The number of aliphatic hydroxyl groups is 1. The minimum atomic E-state index is -0.486. The Balaban J connectivity index is 1.84. The summed E-state index contributed by atoms with van der Waals surface area (Å²) in [6, 6.07) is 1.49. The number of aromatic nitrogens is 3. The number of aliphatic hydroxyl groups excluding tert-OH is 1. The summed E-state index contributed by atoms with van der Waals surface area (Å²) in [6.45, 7) is 0. The second-order valence-electron chi connectivity index (χ2n) is 5.64. The largest absolute Gasteiger partial charge is 0.391 e. The van der Waals surface area contributed by atoms with Gasteiger partial charge >= 0.3 is 0 Å². The highest BCUT2D eigenvalue weighted by molar-refractivity contribution is 5.99. The minimum absolute atomic E-state index is 0.178. The van der Waals surface area contributed by atoms with Crippen molar-refractivity contribution in [2.75, 3.05) is 5.73 Å². The number of rotatable bonds is 3. The third-order valence-electron chi connectivity index (χ3n) is 4.00. The van der Waals surface area contributed by atoms with Gasteiger partial charge in [-0.1, -0.05) is 0 Å². The van der Waals surface area contributed by atoms with Gasteiger partial charge in [0.05, 0.1) is 23.9 Å². The highest BCUT2D eigenvalue weighted by atomic mass is 16.3. The predicted molar refractivity (Wildman–Crippen MR) is 82.0 cm³/mol. The molecule has 22 heavy (non-hydrogen) atoms. The Labute approximate surface area is 128 Å². The van der Waals surface area contributed by atoms with Gasteiger partial charge in [0.1, 0.15) is 5.82 Å². The van der Waals surface area contributed by atoms with E-state index in [4.69, 9.17) is 5.73 Å². The van der Waals surface area contributed by atoms with Crippen molar-refractivity contribution in [2.24, 2.45) is 7.05 Å². The Morgan fingerprint density at radius 3 is 2.86 bits per heavy atom. The lowest BCUT2D eigenvalue weighted by Crippen LogP contribution is -2.40. The topological polar surface area (TPSA) is 106 Å². The first-order chi connectivity index (χ1) is 10.5. The molecule has 3 rings (SSSR count). The number of carbonyl (C=O) groups excluding carboxylic acids is 1. The molecule has 7 heteroatoms. The second kappa shape index (κ2) is 5.76. The lowest BCUT2D eigenvalue weighted by molar-refractivity contribution is 0.0874. The van der Waals surface area contributed by atoms with Gasteiger partial charge in [-0.3, -0.25) is 9.48 Å². The van der Waals surface area contributed by atoms with Crippen LogP contribution in [0.5, 0.6) is 0 Å². The van der Waals surface area contributed by atoms with Gasteiger partial charge in [-0.2, -0.15) is 5.10 Å². The van der Waals surface area contributed by atoms with Gasteiger partial charge in [0.25, 0.3) is 5.91 Å². The monoisotopic (exact) mass is 301 g/mol. The van der Waals surface area contributed by atoms with E-state index in [-0.39, 0.29) is 17.8 Å². The molecular weight excluding hydrogens is 282 g/mol. The predicted octanol–water partition coefficient (Wildman–Crippen LogP) is 0.707. The molecule has 1 aliphatic rings. The van der Waals surface area contributed by atoms with Crippen molar-refractivity contribution in [3.8, 4) is 11.1 Å². The van der Waals surface area contributed by atoms with E-state index in [9.17, 15) is 9.90 Å². The van der Waals surface area contributed by atoms with Crippen LogP contribution in [0.25, 0.3) is 11.1 Å². The maximum atomic E-state index is 12.4. The first-order valence-electron chi connectivity index (χ1n) is 7.28. The van der Waals surface area contributed by atoms with Gasteiger partial charge in [-0.05, 0) is 25.3 Å². The quantitative estimate of drug-likeness (QED) is 0.774. The number of nitrogens with one attached hydrogen (secondary N) is 1. The van der Waals surface area contributed by atoms with Crippen LogP contribution in [0, 0.1) is 0 Å². The molecule has 0 saturated heterocycles. The fourth-order valence-electron chi connectivity index (χ4n) is 2.74. The normalized spacial score (nSPS) is 21.0. The number of hydrogen-bond acceptors (Lipinski definition) is 5. The Morgan fingerprint density at radius 1 is 1.41 bits per heavy atom. The summed E-state index contributed by atoms with van der Waals surface area (Å²) in [5.74, 6) is -0.126. The highest BCUT2D eigenvalue weighted by Crippen LogP contribution is 2.23. The Kier molecular flexibility index (Phi) is 3.81. The second-order valence-corrected chi connectivity index (χ2v) is 5.64. The van der Waals surface area contributed by atoms with E-state index in [1.54, 1.807) is 23.1 Å². The van der Waals surface area contributed by atoms with E-state index in [0.717, 1.165) is 24.0 Å². The van der Waals surface area contributed by atoms with Crippen molar-refractivity contribution >= 4 is 11.7 Å². The van der Waals surface area contributed by atoms with Crippen LogP contribution in [0.2, 0.25) is 0 Å². The molecule has 0 aliphatic heterocycles. The standard InChI is InChI=1S/C15H19N5O2/c1-20-8-10(7-18-20)9-5-11(14(16)17-6-9)15(22)19-12-3-2-4-13(12)21/h5-8,12-13,21H,2-4H2,1H3,(H2,16,17)(H,19,22)/t12-,13+/m1/s1. The van der Waals surface area contributed by atoms with Crippen molar-refractivity contribution in [3.63, 3.8) is 0 Å². The molecule has 2 atom stereocenters. The number of nitrogens with two attached hydrogens (primary N) is 1. The molecule has 1 amide bonds. The lowest BCUT2D eigenvalue weighted by Gasteiger charge is -2.17. The molecule has 1 fully saturated rings. The fraction of sp³-hybridized carbons (Fsp3) is 0.400. The van der Waals surface area contributed by atoms with Crippen LogP contribution in [-0.2, 0) is 7.05 Å². The number of nitrogens with zero attached hydrogens (tertiary/aromatic N) is 3. The molecule has 0 aromatic carbocycles. The van der Waals surface area contributed by atoms with Gasteiger partial charge in [0.15, 0.2) is 0 Å². The van der Waals surface area contributed by atoms with E-state index in [0.29, 0.717) is 12.0 Å². The van der Waals surface area contributed by atoms with Crippen LogP contribution in [0.15, 0.2) is 24.7 Å². The minimum Gasteiger partial charge on any atom is -0.391 e. The number of amides is 1. The molecule has 7 nitrogen and oxygen atoms in total. The summed E-state index contributed by atoms with van der Waals surface area (Å²) in [6.07, 6.45) is 7.09. The van der Waals surface area contributed by atoms with Gasteiger partial charge in [-0.25, -0.2) is 4.98 Å². The molecule has 4 N–H and O–H groups in total. The summed E-state index contributed by atoms with van der Waals surface area (Å²) in [4.78, 5) is 16.5. The molecule has 1 aliphatic carbocycles. The van der Waals surface area contributed by atoms with Crippen molar-refractivity contribution in [1.29, 1.82) is 0 Å². The van der Waals surface area contributed by atoms with Gasteiger partial charge in [0.2, 0.25) is 0 Å². The summed E-state index contributed by atoms with van der Waals surface area (Å²) in [7, 11) is 1.82. The smallest absolute Gasteiger partial charge is 0.255 e. The Bertz CT molecular complexity index is 697. The van der Waals surface area contributed by atoms with E-state index >= 15 is 0 Å². The van der Waals surface area contributed by atoms with Crippen LogP contribution in [0.1, 0.15) is 29.6 Å². The molecule has 0 radical (unpaired) electrons. The highest BCUT2D eigenvalue weighted by Gasteiger charge is 2.27. The van der Waals surface area contributed by atoms with Crippen LogP contribution >= 0.6 is 0 Å². The third-order valence-corrected chi connectivity index (χ3v) is 4.00. The molecule has 116 valence electrons. The average Bonchev–Trinajstić information content (AvgIpc) is 3.09. The van der Waals surface area contributed by atoms with Crippen LogP contribution in [0.3, 0.4) is 0 Å². The number of anilines is 1. The zero-order chi connectivity index (χ0) is 15.7. The molecule has 2 heterocycles. The molecule has 0 unspecified atom stereocenters. The molecular formula is C15H19N5O2. The van der Waals surface area contributed by atoms with Crippen molar-refractivity contribution < 1.29 is 9.90 Å². The molecule has 1 saturated carbocycles. The van der Waals surface area contributed by atoms with Crippen LogP contribution in [0.4, 0.5) is 5.82 Å². The zero-order valence-electron chi connectivity index (χ0n) is 12.4. The summed E-state index contributed by atoms with van der Waals surface area (Å²) < 4.78 is 1.68. The SMILES string of the molecule is Cn1cc(-c2cnc(N)c(C(=O)N[C@@H]3CCC[C@@H]3O)c2)cn1. The van der Waals surface area contributed by atoms with Gasteiger partial charge in [0, 0.05) is 30.6 Å². The van der Waals surface area contributed by atoms with Gasteiger partial charge < -0.3 is 16.2 Å². The Morgan fingerprint density at radius 2 is 2.23 bits per heavy atom. The van der Waals surface area contributed by atoms with Crippen molar-refractivity contribution in [3.05, 3.63) is 30.2 Å². The summed E-state index contributed by atoms with van der Waals surface area (Å²) in [5.41, 5.74) is 7.79. The number of carbonyl (C=O) groups is 1. The molecule has 0 spiro atoms. The van der Waals surface area contributed by atoms with Crippen LogP contribution in [-0.4, -0.2) is 37.9 Å². The Hall–Kier alpha value is -2.41. The van der Waals surface area contributed by atoms with E-state index in [2.05, 4.69) is 15.4 Å². The van der Waals surface area contributed by atoms with Crippen molar-refractivity contribution in [1.82, 2.24) is 20.1 Å². The number of aryl methyl sites for hydroxylation is 1. The third kappa shape index (κ3) is 2.80. The number of pyridine rings is 1. The van der Waals surface area contributed by atoms with Gasteiger partial charge in [-0.15, -0.1) is 0 Å². The van der Waals surface area contributed by atoms with E-state index in [1.807, 2.05) is 13.2 Å². The number of hydrogen-bond donors (Lipinski definition) is 3. The lowest BCUT2D eigenvalue weighted by atomic mass is 10.1. The maximum Gasteiger partial charge on any atom is 0.255 e. The summed E-state index contributed by atoms with van der Waals surface area (Å²) in [5, 5.41) is 16.8. The first kappa shape index (κ1) is 14.5. The maximum absolute atomic E-state index is 12.4. The van der Waals surface area contributed by atoms with E-state index < -0.39 is 6.10 Å². The molecule has 2 aromatic rings. The summed E-state index contributed by atoms with van der Waals surface area (Å²) >= 11 is 0. The first-order valence-corrected chi connectivity index (χ1v) is 7.28. The molecule has 2 aromatic heterocycles. The molecule has 0 bridgehead atoms. The van der Waals surface area contributed by atoms with Crippen LogP contribution < -0.4 is 11.1 Å². The van der Waals surface area contributed by atoms with E-state index in [1.165, 1.54) is 0 Å². The number of nitrogen functional groups attached to an aromatic ring is 1.